The molecule has 2 amide bonds. The molecule has 0 aromatic rings. The lowest BCUT2D eigenvalue weighted by atomic mass is 10.5. The van der Waals surface area contributed by atoms with Gasteiger partial charge < -0.3 is 16.4 Å². The molecule has 6 nitrogen and oxygen atoms in total. The zero-order chi connectivity index (χ0) is 10.1. The minimum Gasteiger partial charge on any atom is -0.353 e. The van der Waals surface area contributed by atoms with Crippen molar-refractivity contribution < 1.29 is 9.59 Å². The predicted octanol–water partition coefficient (Wildman–Crippen LogP) is -1.88. The van der Waals surface area contributed by atoms with Gasteiger partial charge in [-0.1, -0.05) is 0 Å². The topological polar surface area (TPSA) is 96.2 Å². The lowest BCUT2D eigenvalue weighted by Crippen LogP contribution is -2.39. The Morgan fingerprint density at radius 2 is 1.69 bits per heavy atom. The lowest BCUT2D eigenvalue weighted by molar-refractivity contribution is -0.121. The zero-order valence-corrected chi connectivity index (χ0v) is 9.26. The van der Waals surface area contributed by atoms with E-state index in [9.17, 15) is 9.59 Å². The van der Waals surface area contributed by atoms with Crippen LogP contribution in [0, 0.1) is 0 Å². The van der Waals surface area contributed by atoms with E-state index in [1.807, 2.05) is 22.9 Å². The summed E-state index contributed by atoms with van der Waals surface area (Å²) < 4.78 is 2.68. The van der Waals surface area contributed by atoms with Gasteiger partial charge in [0.2, 0.25) is 11.8 Å². The van der Waals surface area contributed by atoms with Crippen LogP contribution < -0.4 is 19.9 Å². The number of amides is 2. The molecule has 0 aromatic heterocycles. The average Bonchev–Trinajstić information content (AvgIpc) is 2.12. The Balaban J connectivity index is 3.25. The second-order valence-electron chi connectivity index (χ2n) is 2.21. The van der Waals surface area contributed by atoms with Crippen LogP contribution in [0.1, 0.15) is 0 Å². The van der Waals surface area contributed by atoms with Crippen LogP contribution in [0.4, 0.5) is 0 Å². The van der Waals surface area contributed by atoms with Crippen molar-refractivity contribution in [2.24, 2.45) is 5.73 Å². The molecule has 0 spiro atoms. The fraction of sp³-hybridized carbons (Fsp3) is 0.667. The molecular weight excluding hydrogens is 287 g/mol. The Hall–Kier alpha value is -0.410. The van der Waals surface area contributed by atoms with Crippen molar-refractivity contribution in [3.05, 3.63) is 0 Å². The van der Waals surface area contributed by atoms with Crippen molar-refractivity contribution in [3.63, 3.8) is 0 Å². The van der Waals surface area contributed by atoms with Gasteiger partial charge in [0.1, 0.15) is 0 Å². The fourth-order valence-electron chi connectivity index (χ4n) is 0.599. The fourth-order valence-corrected chi connectivity index (χ4v) is 0.946. The molecule has 0 atom stereocenters. The number of hydrogen-bond donors (Lipinski definition) is 4. The molecule has 0 bridgehead atoms. The molecule has 0 aliphatic heterocycles. The third-order valence-corrected chi connectivity index (χ3v) is 1.56. The summed E-state index contributed by atoms with van der Waals surface area (Å²) in [4.78, 5) is 21.5. The second-order valence-corrected chi connectivity index (χ2v) is 2.98. The van der Waals surface area contributed by atoms with Gasteiger partial charge in [-0.05, 0) is 0 Å². The molecule has 0 heterocycles. The first-order valence-corrected chi connectivity index (χ1v) is 4.85. The largest absolute Gasteiger partial charge is 0.353 e. The highest BCUT2D eigenvalue weighted by atomic mass is 127. The van der Waals surface area contributed by atoms with Gasteiger partial charge in [-0.2, -0.15) is 0 Å². The molecule has 7 heteroatoms. The molecule has 0 saturated carbocycles. The normalized spacial score (nSPS) is 9.38. The number of rotatable bonds is 6. The number of hydrogen-bond acceptors (Lipinski definition) is 4. The van der Waals surface area contributed by atoms with Crippen molar-refractivity contribution in [1.29, 1.82) is 0 Å². The highest BCUT2D eigenvalue weighted by molar-refractivity contribution is 14.1. The predicted molar refractivity (Wildman–Crippen MR) is 57.1 cm³/mol. The molecule has 0 aliphatic rings. The first kappa shape index (κ1) is 12.6. The van der Waals surface area contributed by atoms with Crippen LogP contribution in [0.3, 0.4) is 0 Å². The summed E-state index contributed by atoms with van der Waals surface area (Å²) in [5.74, 6) is -0.322. The monoisotopic (exact) mass is 300 g/mol. The van der Waals surface area contributed by atoms with E-state index in [0.717, 1.165) is 0 Å². The van der Waals surface area contributed by atoms with Gasteiger partial charge in [0, 0.05) is 36.0 Å². The quantitative estimate of drug-likeness (QED) is 0.262. The highest BCUT2D eigenvalue weighted by Gasteiger charge is 1.98. The summed E-state index contributed by atoms with van der Waals surface area (Å²) in [5, 5.41) is 5.13. The summed E-state index contributed by atoms with van der Waals surface area (Å²) in [7, 11) is 0. The van der Waals surface area contributed by atoms with Crippen LogP contribution in [0.15, 0.2) is 0 Å². The summed E-state index contributed by atoms with van der Waals surface area (Å²) in [6, 6.07) is 0. The van der Waals surface area contributed by atoms with Gasteiger partial charge in [0.15, 0.2) is 0 Å². The van der Waals surface area contributed by atoms with E-state index >= 15 is 0 Å². The highest BCUT2D eigenvalue weighted by Crippen LogP contribution is 1.69. The Morgan fingerprint density at radius 1 is 1.15 bits per heavy atom. The van der Waals surface area contributed by atoms with E-state index in [1.165, 1.54) is 0 Å². The van der Waals surface area contributed by atoms with Crippen molar-refractivity contribution in [3.8, 4) is 0 Å². The Bertz CT molecular complexity index is 176. The molecule has 0 radical (unpaired) electrons. The van der Waals surface area contributed by atoms with Crippen LogP contribution in [0.2, 0.25) is 0 Å². The summed E-state index contributed by atoms with van der Waals surface area (Å²) in [6.07, 6.45) is 0. The van der Waals surface area contributed by atoms with E-state index in [-0.39, 0.29) is 24.9 Å². The van der Waals surface area contributed by atoms with Gasteiger partial charge in [-0.15, -0.1) is 0 Å². The summed E-state index contributed by atoms with van der Waals surface area (Å²) >= 11 is 1.88. The number of carbonyl (C=O) groups is 2. The van der Waals surface area contributed by atoms with Crippen molar-refractivity contribution in [2.45, 2.75) is 0 Å². The first-order valence-electron chi connectivity index (χ1n) is 3.77. The average molecular weight is 300 g/mol. The summed E-state index contributed by atoms with van der Waals surface area (Å²) in [5.41, 5.74) is 5.05. The van der Waals surface area contributed by atoms with Crippen LogP contribution in [0.5, 0.6) is 0 Å². The van der Waals surface area contributed by atoms with Crippen LogP contribution in [-0.4, -0.2) is 38.0 Å². The Labute approximate surface area is 90.5 Å². The van der Waals surface area contributed by atoms with Crippen molar-refractivity contribution >= 4 is 34.7 Å². The maximum atomic E-state index is 10.8. The van der Waals surface area contributed by atoms with Crippen molar-refractivity contribution in [1.82, 2.24) is 14.2 Å². The van der Waals surface area contributed by atoms with Gasteiger partial charge in [-0.3, -0.25) is 13.1 Å². The lowest BCUT2D eigenvalue weighted by Gasteiger charge is -2.04. The van der Waals surface area contributed by atoms with E-state index in [1.54, 1.807) is 0 Å². The third-order valence-electron chi connectivity index (χ3n) is 1.18. The van der Waals surface area contributed by atoms with E-state index in [2.05, 4.69) is 14.2 Å². The van der Waals surface area contributed by atoms with Crippen LogP contribution in [0.25, 0.3) is 0 Å². The summed E-state index contributed by atoms with van der Waals surface area (Å²) in [6.45, 7) is 1.07. The van der Waals surface area contributed by atoms with Gasteiger partial charge in [-0.25, -0.2) is 0 Å². The van der Waals surface area contributed by atoms with Gasteiger partial charge in [0.05, 0.1) is 13.1 Å². The molecule has 0 unspecified atom stereocenters. The first-order chi connectivity index (χ1) is 6.20. The van der Waals surface area contributed by atoms with E-state index < -0.39 is 0 Å². The van der Waals surface area contributed by atoms with E-state index in [0.29, 0.717) is 13.1 Å². The minimum atomic E-state index is -0.221. The standard InChI is InChI=1S/C6H13IN4O2/c7-11-4-6(13)10-2-1-9-5(12)3-8/h11H,1-4,8H2,(H,9,12)(H,10,13). The van der Waals surface area contributed by atoms with Crippen molar-refractivity contribution in [2.75, 3.05) is 26.2 Å². The molecule has 0 aromatic carbocycles. The Morgan fingerprint density at radius 3 is 2.15 bits per heavy atom. The maximum absolute atomic E-state index is 10.8. The molecule has 0 fully saturated rings. The molecule has 5 N–H and O–H groups in total. The third kappa shape index (κ3) is 7.94. The SMILES string of the molecule is NCC(=O)NCCNC(=O)CNI. The van der Waals surface area contributed by atoms with Gasteiger partial charge in [0.25, 0.3) is 0 Å². The number of halogens is 1. The molecule has 76 valence electrons. The van der Waals surface area contributed by atoms with Crippen LogP contribution in [-0.2, 0) is 9.59 Å². The van der Waals surface area contributed by atoms with Gasteiger partial charge >= 0.3 is 0 Å². The molecule has 13 heavy (non-hydrogen) atoms. The minimum absolute atomic E-state index is 0.0246. The smallest absolute Gasteiger partial charge is 0.234 e. The second kappa shape index (κ2) is 8.20. The number of nitrogens with one attached hydrogen (secondary N) is 3. The van der Waals surface area contributed by atoms with Crippen LogP contribution >= 0.6 is 22.9 Å². The maximum Gasteiger partial charge on any atom is 0.234 e. The molecule has 0 aliphatic carbocycles. The molecule has 0 rings (SSSR count). The molecular formula is C6H13IN4O2. The number of carbonyl (C=O) groups excluding carboxylic acids is 2. The zero-order valence-electron chi connectivity index (χ0n) is 7.10. The van der Waals surface area contributed by atoms with E-state index in [4.69, 9.17) is 5.73 Å². The number of nitrogens with two attached hydrogens (primary N) is 1. The Kier molecular flexibility index (Phi) is 7.94. The molecule has 0 saturated heterocycles.